The van der Waals surface area contributed by atoms with Gasteiger partial charge in [0.15, 0.2) is 0 Å². The predicted molar refractivity (Wildman–Crippen MR) is 61.4 cm³/mol. The maximum absolute atomic E-state index is 13.6. The lowest BCUT2D eigenvalue weighted by molar-refractivity contribution is 0.630. The van der Waals surface area contributed by atoms with E-state index in [-0.39, 0.29) is 5.82 Å². The lowest BCUT2D eigenvalue weighted by atomic mass is 10.1. The van der Waals surface area contributed by atoms with Gasteiger partial charge in [-0.05, 0) is 19.2 Å². The van der Waals surface area contributed by atoms with Crippen LogP contribution in [0.1, 0.15) is 5.69 Å². The van der Waals surface area contributed by atoms with E-state index < -0.39 is 0 Å². The molecule has 0 spiro atoms. The van der Waals surface area contributed by atoms with E-state index in [0.717, 1.165) is 5.69 Å². The van der Waals surface area contributed by atoms with Crippen molar-refractivity contribution < 1.29 is 4.39 Å². The summed E-state index contributed by atoms with van der Waals surface area (Å²) in [6, 6.07) is 6.69. The lowest BCUT2D eigenvalue weighted by Crippen LogP contribution is -2.10. The van der Waals surface area contributed by atoms with Crippen molar-refractivity contribution in [2.45, 2.75) is 6.54 Å². The fourth-order valence-corrected chi connectivity index (χ4v) is 1.71. The summed E-state index contributed by atoms with van der Waals surface area (Å²) in [5.41, 5.74) is 2.23. The normalized spacial score (nSPS) is 10.7. The summed E-state index contributed by atoms with van der Waals surface area (Å²) < 4.78 is 15.5. The summed E-state index contributed by atoms with van der Waals surface area (Å²) in [6.07, 6.45) is 1.70. The zero-order valence-electron chi connectivity index (χ0n) is 9.37. The average Bonchev–Trinajstić information content (AvgIpc) is 2.62. The minimum Gasteiger partial charge on any atom is -0.336 e. The largest absolute Gasteiger partial charge is 0.336 e. The van der Waals surface area contributed by atoms with Crippen LogP contribution in [0.2, 0.25) is 0 Å². The number of halogens is 1. The third kappa shape index (κ3) is 1.84. The smallest absolute Gasteiger partial charge is 0.132 e. The van der Waals surface area contributed by atoms with Crippen molar-refractivity contribution in [1.29, 1.82) is 0 Å². The van der Waals surface area contributed by atoms with Crippen molar-refractivity contribution in [3.63, 3.8) is 0 Å². The Hall–Kier alpha value is -1.68. The van der Waals surface area contributed by atoms with Gasteiger partial charge in [-0.15, -0.1) is 0 Å². The van der Waals surface area contributed by atoms with Crippen LogP contribution in [0.15, 0.2) is 30.6 Å². The van der Waals surface area contributed by atoms with E-state index in [1.165, 1.54) is 6.07 Å². The van der Waals surface area contributed by atoms with E-state index in [1.54, 1.807) is 18.5 Å². The van der Waals surface area contributed by atoms with Crippen LogP contribution in [0.5, 0.6) is 0 Å². The number of aryl methyl sites for hydroxylation is 1. The van der Waals surface area contributed by atoms with Crippen molar-refractivity contribution in [3.05, 3.63) is 42.1 Å². The number of imidazole rings is 1. The fraction of sp³-hybridized carbons (Fsp3) is 0.250. The molecular weight excluding hydrogens is 205 g/mol. The number of nitrogens with one attached hydrogen (secondary N) is 1. The van der Waals surface area contributed by atoms with Gasteiger partial charge in [0, 0.05) is 19.2 Å². The number of aromatic nitrogens is 2. The Balaban J connectivity index is 2.52. The maximum Gasteiger partial charge on any atom is 0.132 e. The Morgan fingerprint density at radius 1 is 1.38 bits per heavy atom. The van der Waals surface area contributed by atoms with Gasteiger partial charge in [-0.2, -0.15) is 0 Å². The van der Waals surface area contributed by atoms with Crippen LogP contribution in [-0.4, -0.2) is 16.6 Å². The summed E-state index contributed by atoms with van der Waals surface area (Å²) in [7, 11) is 3.77. The lowest BCUT2D eigenvalue weighted by Gasteiger charge is -2.06. The molecule has 1 N–H and O–H groups in total. The van der Waals surface area contributed by atoms with Gasteiger partial charge >= 0.3 is 0 Å². The van der Waals surface area contributed by atoms with E-state index in [4.69, 9.17) is 0 Å². The summed E-state index contributed by atoms with van der Waals surface area (Å²) in [6.45, 7) is 0.667. The molecule has 0 amide bonds. The average molecular weight is 219 g/mol. The molecule has 1 aromatic carbocycles. The first-order valence-corrected chi connectivity index (χ1v) is 5.13. The van der Waals surface area contributed by atoms with E-state index in [0.29, 0.717) is 17.8 Å². The predicted octanol–water partition coefficient (Wildman–Crippen LogP) is 1.95. The Labute approximate surface area is 93.9 Å². The third-order valence-electron chi connectivity index (χ3n) is 2.53. The van der Waals surface area contributed by atoms with E-state index >= 15 is 0 Å². The molecule has 0 fully saturated rings. The SMILES string of the molecule is CNCc1c(-c2ccccc2F)ncn1C. The number of hydrogen-bond donors (Lipinski definition) is 1. The molecule has 0 aliphatic rings. The topological polar surface area (TPSA) is 29.9 Å². The maximum atomic E-state index is 13.6. The number of benzene rings is 1. The van der Waals surface area contributed by atoms with Crippen LogP contribution in [0.25, 0.3) is 11.3 Å². The first-order valence-electron chi connectivity index (χ1n) is 5.13. The van der Waals surface area contributed by atoms with Crippen molar-refractivity contribution in [1.82, 2.24) is 14.9 Å². The van der Waals surface area contributed by atoms with Crippen LogP contribution >= 0.6 is 0 Å². The number of hydrogen-bond acceptors (Lipinski definition) is 2. The zero-order valence-corrected chi connectivity index (χ0v) is 9.37. The van der Waals surface area contributed by atoms with Crippen LogP contribution in [0.3, 0.4) is 0 Å². The quantitative estimate of drug-likeness (QED) is 0.855. The first-order chi connectivity index (χ1) is 7.74. The molecule has 1 heterocycles. The molecule has 84 valence electrons. The Morgan fingerprint density at radius 2 is 2.12 bits per heavy atom. The number of nitrogens with zero attached hydrogens (tertiary/aromatic N) is 2. The monoisotopic (exact) mass is 219 g/mol. The molecule has 1 aromatic heterocycles. The van der Waals surface area contributed by atoms with Gasteiger partial charge in [0.05, 0.1) is 17.7 Å². The van der Waals surface area contributed by atoms with Crippen LogP contribution in [0, 0.1) is 5.82 Å². The van der Waals surface area contributed by atoms with Crippen molar-refractivity contribution in [3.8, 4) is 11.3 Å². The Bertz CT molecular complexity index is 491. The second-order valence-electron chi connectivity index (χ2n) is 3.66. The fourth-order valence-electron chi connectivity index (χ4n) is 1.71. The highest BCUT2D eigenvalue weighted by atomic mass is 19.1. The van der Waals surface area contributed by atoms with Gasteiger partial charge in [0.1, 0.15) is 5.82 Å². The molecule has 0 unspecified atom stereocenters. The summed E-state index contributed by atoms with van der Waals surface area (Å²) >= 11 is 0. The molecule has 0 saturated heterocycles. The van der Waals surface area contributed by atoms with E-state index in [1.807, 2.05) is 24.7 Å². The van der Waals surface area contributed by atoms with Gasteiger partial charge in [-0.25, -0.2) is 9.37 Å². The standard InChI is InChI=1S/C12H14FN3/c1-14-7-11-12(15-8-16(11)2)9-5-3-4-6-10(9)13/h3-6,8,14H,7H2,1-2H3. The molecule has 0 aliphatic heterocycles. The minimum atomic E-state index is -0.237. The third-order valence-corrected chi connectivity index (χ3v) is 2.53. The van der Waals surface area contributed by atoms with Crippen LogP contribution in [-0.2, 0) is 13.6 Å². The summed E-state index contributed by atoms with van der Waals surface area (Å²) in [4.78, 5) is 4.25. The Morgan fingerprint density at radius 3 is 2.81 bits per heavy atom. The Kier molecular flexibility index (Phi) is 3.01. The molecule has 2 rings (SSSR count). The molecule has 0 radical (unpaired) electrons. The van der Waals surface area contributed by atoms with Crippen molar-refractivity contribution in [2.75, 3.05) is 7.05 Å². The molecule has 0 bridgehead atoms. The van der Waals surface area contributed by atoms with Crippen molar-refractivity contribution in [2.24, 2.45) is 7.05 Å². The molecule has 16 heavy (non-hydrogen) atoms. The van der Waals surface area contributed by atoms with E-state index in [2.05, 4.69) is 10.3 Å². The van der Waals surface area contributed by atoms with Gasteiger partial charge in [0.25, 0.3) is 0 Å². The van der Waals surface area contributed by atoms with E-state index in [9.17, 15) is 4.39 Å². The van der Waals surface area contributed by atoms with Crippen LogP contribution < -0.4 is 5.32 Å². The van der Waals surface area contributed by atoms with Crippen LogP contribution in [0.4, 0.5) is 4.39 Å². The molecule has 3 nitrogen and oxygen atoms in total. The highest BCUT2D eigenvalue weighted by molar-refractivity contribution is 5.62. The minimum absolute atomic E-state index is 0.237. The zero-order chi connectivity index (χ0) is 11.5. The van der Waals surface area contributed by atoms with Gasteiger partial charge in [-0.1, -0.05) is 12.1 Å². The van der Waals surface area contributed by atoms with Gasteiger partial charge < -0.3 is 9.88 Å². The van der Waals surface area contributed by atoms with Gasteiger partial charge in [-0.3, -0.25) is 0 Å². The summed E-state index contributed by atoms with van der Waals surface area (Å²) in [5, 5.41) is 3.06. The highest BCUT2D eigenvalue weighted by Crippen LogP contribution is 2.24. The summed E-state index contributed by atoms with van der Waals surface area (Å²) in [5.74, 6) is -0.237. The molecule has 0 saturated carbocycles. The molecular formula is C12H14FN3. The molecule has 0 atom stereocenters. The second-order valence-corrected chi connectivity index (χ2v) is 3.66. The second kappa shape index (κ2) is 4.45. The molecule has 4 heteroatoms. The molecule has 2 aromatic rings. The van der Waals surface area contributed by atoms with Gasteiger partial charge in [0.2, 0.25) is 0 Å². The number of rotatable bonds is 3. The highest BCUT2D eigenvalue weighted by Gasteiger charge is 2.13. The first kappa shape index (κ1) is 10.8. The van der Waals surface area contributed by atoms with Crippen molar-refractivity contribution >= 4 is 0 Å². The molecule has 0 aliphatic carbocycles.